The fourth-order valence-electron chi connectivity index (χ4n) is 3.64. The first-order valence-electron chi connectivity index (χ1n) is 8.91. The number of thiazole rings is 1. The Morgan fingerprint density at radius 2 is 2.19 bits per heavy atom. The van der Waals surface area contributed by atoms with E-state index in [1.54, 1.807) is 11.3 Å². The van der Waals surface area contributed by atoms with Crippen LogP contribution in [0.3, 0.4) is 0 Å². The maximum Gasteiger partial charge on any atom is 0.240 e. The maximum atomic E-state index is 12.6. The fourth-order valence-corrected chi connectivity index (χ4v) is 4.70. The van der Waals surface area contributed by atoms with Gasteiger partial charge in [0.2, 0.25) is 5.91 Å². The monoisotopic (exact) mass is 432 g/mol. The molecule has 10 heteroatoms. The number of hydrogen-bond donors (Lipinski definition) is 2. The van der Waals surface area contributed by atoms with Crippen LogP contribution >= 0.6 is 36.2 Å². The van der Waals surface area contributed by atoms with Gasteiger partial charge in [-0.1, -0.05) is 0 Å². The van der Waals surface area contributed by atoms with E-state index in [-0.39, 0.29) is 36.8 Å². The lowest BCUT2D eigenvalue weighted by Gasteiger charge is -2.35. The molecule has 1 aliphatic heterocycles. The molecule has 0 radical (unpaired) electrons. The van der Waals surface area contributed by atoms with E-state index in [2.05, 4.69) is 25.5 Å². The van der Waals surface area contributed by atoms with Gasteiger partial charge in [-0.2, -0.15) is 0 Å². The lowest BCUT2D eigenvalue weighted by atomic mass is 10.0. The summed E-state index contributed by atoms with van der Waals surface area (Å²) < 4.78 is 2.03. The van der Waals surface area contributed by atoms with Crippen molar-refractivity contribution in [3.05, 3.63) is 28.8 Å². The number of halogens is 2. The second kappa shape index (κ2) is 9.84. The van der Waals surface area contributed by atoms with Crippen LogP contribution in [0.4, 0.5) is 5.13 Å². The Labute approximate surface area is 175 Å². The van der Waals surface area contributed by atoms with Gasteiger partial charge in [0.05, 0.1) is 18.3 Å². The minimum absolute atomic E-state index is 0. The molecule has 1 amide bonds. The number of nitrogens with one attached hydrogen (secondary N) is 2. The Hall–Kier alpha value is -1.19. The molecule has 0 bridgehead atoms. The van der Waals surface area contributed by atoms with Gasteiger partial charge in [-0.25, -0.2) is 9.97 Å². The zero-order valence-corrected chi connectivity index (χ0v) is 17.8. The molecular weight excluding hydrogens is 407 g/mol. The summed E-state index contributed by atoms with van der Waals surface area (Å²) >= 11 is 1.64. The third-order valence-corrected chi connectivity index (χ3v) is 6.02. The number of fused-ring (bicyclic) bond motifs is 1. The molecule has 2 aromatic heterocycles. The highest BCUT2D eigenvalue weighted by molar-refractivity contribution is 7.15. The van der Waals surface area contributed by atoms with E-state index >= 15 is 0 Å². The van der Waals surface area contributed by atoms with Crippen molar-refractivity contribution in [3.63, 3.8) is 0 Å². The summed E-state index contributed by atoms with van der Waals surface area (Å²) in [7, 11) is 2.00. The average Bonchev–Trinajstić information content (AvgIpc) is 3.20. The number of piperazine rings is 1. The first-order chi connectivity index (χ1) is 12.2. The van der Waals surface area contributed by atoms with Crippen LogP contribution in [0.15, 0.2) is 12.4 Å². The number of amides is 1. The lowest BCUT2D eigenvalue weighted by Crippen LogP contribution is -2.49. The van der Waals surface area contributed by atoms with Crippen molar-refractivity contribution in [2.24, 2.45) is 7.05 Å². The predicted molar refractivity (Wildman–Crippen MR) is 112 cm³/mol. The van der Waals surface area contributed by atoms with Crippen LogP contribution in [0.5, 0.6) is 0 Å². The summed E-state index contributed by atoms with van der Waals surface area (Å²) in [6.07, 6.45) is 8.33. The standard InChI is InChI=1S/C17H24N6OS.2ClH/c1-22-8-7-19-16(22)13-10-18-6-9-23(13)11-15(24)21-17-20-12-4-2-3-5-14(12)25-17;;/h7-8,13,18H,2-6,9-11H2,1H3,(H,20,21,24);2*1H. The minimum Gasteiger partial charge on any atom is -0.337 e. The summed E-state index contributed by atoms with van der Waals surface area (Å²) in [5, 5.41) is 7.16. The van der Waals surface area contributed by atoms with Gasteiger partial charge in [-0.3, -0.25) is 9.69 Å². The number of nitrogens with zero attached hydrogens (tertiary/aromatic N) is 4. The number of hydrogen-bond acceptors (Lipinski definition) is 6. The molecule has 7 nitrogen and oxygen atoms in total. The van der Waals surface area contributed by atoms with E-state index in [1.165, 1.54) is 23.4 Å². The van der Waals surface area contributed by atoms with Crippen LogP contribution in [0.1, 0.15) is 35.3 Å². The zero-order valence-electron chi connectivity index (χ0n) is 15.3. The normalized spacial score (nSPS) is 19.5. The Kier molecular flexibility index (Phi) is 8.05. The molecular formula is C17H26Cl2N6OS. The molecule has 2 aromatic rings. The molecule has 0 spiro atoms. The molecule has 1 aliphatic carbocycles. The van der Waals surface area contributed by atoms with Gasteiger partial charge in [0.15, 0.2) is 5.13 Å². The Bertz CT molecular complexity index is 741. The molecule has 150 valence electrons. The number of aryl methyl sites for hydroxylation is 3. The number of rotatable bonds is 4. The Morgan fingerprint density at radius 1 is 1.37 bits per heavy atom. The van der Waals surface area contributed by atoms with Crippen LogP contribution in [0.25, 0.3) is 0 Å². The van der Waals surface area contributed by atoms with Gasteiger partial charge in [0, 0.05) is 44.0 Å². The molecule has 2 N–H and O–H groups in total. The first kappa shape index (κ1) is 22.1. The highest BCUT2D eigenvalue weighted by Gasteiger charge is 2.28. The van der Waals surface area contributed by atoms with E-state index in [9.17, 15) is 4.79 Å². The minimum atomic E-state index is 0. The molecule has 0 aromatic carbocycles. The number of aromatic nitrogens is 3. The summed E-state index contributed by atoms with van der Waals surface area (Å²) in [5.74, 6) is 0.997. The molecule has 1 unspecified atom stereocenters. The van der Waals surface area contributed by atoms with E-state index in [4.69, 9.17) is 0 Å². The Balaban J connectivity index is 0.00000131. The molecule has 1 saturated heterocycles. The summed E-state index contributed by atoms with van der Waals surface area (Å²) in [5.41, 5.74) is 1.18. The average molecular weight is 433 g/mol. The van der Waals surface area contributed by atoms with Crippen molar-refractivity contribution >= 4 is 47.2 Å². The van der Waals surface area contributed by atoms with Gasteiger partial charge in [-0.05, 0) is 25.7 Å². The van der Waals surface area contributed by atoms with Gasteiger partial charge < -0.3 is 15.2 Å². The van der Waals surface area contributed by atoms with Crippen LogP contribution < -0.4 is 10.6 Å². The SMILES string of the molecule is Cl.Cl.Cn1ccnc1C1CNCCN1CC(=O)Nc1nc2c(s1)CCCC2. The van der Waals surface area contributed by atoms with Crippen LogP contribution in [-0.2, 0) is 24.7 Å². The summed E-state index contributed by atoms with van der Waals surface area (Å²) in [4.78, 5) is 25.2. The van der Waals surface area contributed by atoms with Gasteiger partial charge in [-0.15, -0.1) is 36.2 Å². The van der Waals surface area contributed by atoms with Crippen LogP contribution in [-0.4, -0.2) is 51.5 Å². The van der Waals surface area contributed by atoms with Crippen molar-refractivity contribution in [2.75, 3.05) is 31.5 Å². The molecule has 0 saturated carbocycles. The van der Waals surface area contributed by atoms with Crippen molar-refractivity contribution in [1.82, 2.24) is 24.8 Å². The van der Waals surface area contributed by atoms with Crippen LogP contribution in [0, 0.1) is 0 Å². The number of anilines is 1. The van der Waals surface area contributed by atoms with Crippen molar-refractivity contribution in [3.8, 4) is 0 Å². The topological polar surface area (TPSA) is 75.1 Å². The zero-order chi connectivity index (χ0) is 17.2. The van der Waals surface area contributed by atoms with E-state index < -0.39 is 0 Å². The highest BCUT2D eigenvalue weighted by atomic mass is 35.5. The predicted octanol–water partition coefficient (Wildman–Crippen LogP) is 2.18. The number of imidazole rings is 1. The highest BCUT2D eigenvalue weighted by Crippen LogP contribution is 2.29. The van der Waals surface area contributed by atoms with E-state index in [0.29, 0.717) is 6.54 Å². The van der Waals surface area contributed by atoms with Crippen molar-refractivity contribution in [2.45, 2.75) is 31.7 Å². The van der Waals surface area contributed by atoms with E-state index in [0.717, 1.165) is 43.4 Å². The summed E-state index contributed by atoms with van der Waals surface area (Å²) in [6, 6.07) is 0.115. The number of carbonyl (C=O) groups excluding carboxylic acids is 1. The van der Waals surface area contributed by atoms with Gasteiger partial charge in [0.1, 0.15) is 5.82 Å². The molecule has 27 heavy (non-hydrogen) atoms. The van der Waals surface area contributed by atoms with Crippen molar-refractivity contribution < 1.29 is 4.79 Å². The summed E-state index contributed by atoms with van der Waals surface area (Å²) in [6.45, 7) is 2.90. The molecule has 4 rings (SSSR count). The maximum absolute atomic E-state index is 12.6. The van der Waals surface area contributed by atoms with Gasteiger partial charge in [0.25, 0.3) is 0 Å². The second-order valence-electron chi connectivity index (χ2n) is 6.73. The van der Waals surface area contributed by atoms with E-state index in [1.807, 2.05) is 24.0 Å². The van der Waals surface area contributed by atoms with Crippen LogP contribution in [0.2, 0.25) is 0 Å². The van der Waals surface area contributed by atoms with Gasteiger partial charge >= 0.3 is 0 Å². The second-order valence-corrected chi connectivity index (χ2v) is 7.81. The lowest BCUT2D eigenvalue weighted by molar-refractivity contribution is -0.118. The number of carbonyl (C=O) groups is 1. The largest absolute Gasteiger partial charge is 0.337 e. The Morgan fingerprint density at radius 3 is 2.93 bits per heavy atom. The van der Waals surface area contributed by atoms with Crippen molar-refractivity contribution in [1.29, 1.82) is 0 Å². The third-order valence-electron chi connectivity index (χ3n) is 4.95. The third kappa shape index (κ3) is 5.00. The molecule has 3 heterocycles. The molecule has 1 fully saturated rings. The quantitative estimate of drug-likeness (QED) is 0.773. The smallest absolute Gasteiger partial charge is 0.240 e. The first-order valence-corrected chi connectivity index (χ1v) is 9.73. The molecule has 2 aliphatic rings. The fraction of sp³-hybridized carbons (Fsp3) is 0.588. The molecule has 1 atom stereocenters.